The summed E-state index contributed by atoms with van der Waals surface area (Å²) in [7, 11) is 1.58. The first-order valence-corrected chi connectivity index (χ1v) is 14.0. The molecule has 0 radical (unpaired) electrons. The number of hydrogen-bond donors (Lipinski definition) is 4. The standard InChI is InChI=1S/C30H40O10/c1-14-18(32)12-30(35)24(33)23-28(5)19(11-20-29(23,34)13-37-20)39-26(16-7-9-17(36-6)10-8-16)40-25(28)22(38-15(2)31)21(14)27(30,3)4/h7-10,18-20,22-26,32-35H,11-13H2,1-6H3/t18-,19-,20+,22-,23-,24-,25-,26?,28+,29-,30+/m0/s1. The van der Waals surface area contributed by atoms with Gasteiger partial charge < -0.3 is 44.1 Å². The smallest absolute Gasteiger partial charge is 0.303 e. The number of ether oxygens (including phenoxy) is 5. The SMILES string of the molecule is COc1ccc(C2O[C@H]3C[C@H]4OC[C@@]4(O)[C@H]4[C@H](O)[C@]5(O)C[C@H](O)C(C)=C([C@H](OC(C)=O)[C@H](O2)[C@]34C)C5(C)C)cc1. The topological polar surface area (TPSA) is 144 Å². The Morgan fingerprint density at radius 3 is 2.30 bits per heavy atom. The van der Waals surface area contributed by atoms with Gasteiger partial charge >= 0.3 is 5.97 Å². The molecule has 6 rings (SSSR count). The highest BCUT2D eigenvalue weighted by Gasteiger charge is 2.77. The van der Waals surface area contributed by atoms with E-state index in [1.54, 1.807) is 40.0 Å². The van der Waals surface area contributed by atoms with Crippen LogP contribution in [0.15, 0.2) is 35.4 Å². The maximum atomic E-state index is 12.7. The van der Waals surface area contributed by atoms with Crippen LogP contribution in [0.3, 0.4) is 0 Å². The Balaban J connectivity index is 1.59. The molecule has 1 aromatic carbocycles. The largest absolute Gasteiger partial charge is 0.497 e. The van der Waals surface area contributed by atoms with E-state index < -0.39 is 76.8 Å². The monoisotopic (exact) mass is 560 g/mol. The lowest BCUT2D eigenvalue weighted by molar-refractivity contribution is -0.414. The average Bonchev–Trinajstić information content (AvgIpc) is 2.89. The molecule has 5 aliphatic rings. The molecule has 2 aliphatic heterocycles. The van der Waals surface area contributed by atoms with Crippen molar-refractivity contribution in [1.82, 2.24) is 0 Å². The summed E-state index contributed by atoms with van der Waals surface area (Å²) >= 11 is 0. The average molecular weight is 561 g/mol. The van der Waals surface area contributed by atoms with Gasteiger partial charge in [-0.05, 0) is 30.2 Å². The van der Waals surface area contributed by atoms with E-state index in [9.17, 15) is 25.2 Å². The van der Waals surface area contributed by atoms with Gasteiger partial charge in [0.1, 0.15) is 23.1 Å². The predicted molar refractivity (Wildman–Crippen MR) is 140 cm³/mol. The first kappa shape index (κ1) is 28.1. The Morgan fingerprint density at radius 1 is 1.05 bits per heavy atom. The molecule has 2 bridgehead atoms. The summed E-state index contributed by atoms with van der Waals surface area (Å²) in [4.78, 5) is 12.7. The zero-order valence-corrected chi connectivity index (χ0v) is 23.8. The summed E-state index contributed by atoms with van der Waals surface area (Å²) in [6.07, 6.45) is -6.48. The van der Waals surface area contributed by atoms with E-state index in [0.29, 0.717) is 28.9 Å². The third-order valence-corrected chi connectivity index (χ3v) is 10.8. The molecule has 4 N–H and O–H groups in total. The zero-order chi connectivity index (χ0) is 29.0. The first-order chi connectivity index (χ1) is 18.7. The maximum absolute atomic E-state index is 12.7. The summed E-state index contributed by atoms with van der Waals surface area (Å²) in [6, 6.07) is 7.26. The van der Waals surface area contributed by atoms with Crippen molar-refractivity contribution < 1.29 is 48.9 Å². The molecule has 1 aromatic rings. The fourth-order valence-corrected chi connectivity index (χ4v) is 8.48. The zero-order valence-electron chi connectivity index (χ0n) is 23.8. The van der Waals surface area contributed by atoms with Gasteiger partial charge in [0, 0.05) is 42.1 Å². The van der Waals surface area contributed by atoms with E-state index in [0.717, 1.165) is 0 Å². The minimum Gasteiger partial charge on any atom is -0.497 e. The number of hydrogen-bond acceptors (Lipinski definition) is 10. The van der Waals surface area contributed by atoms with Crippen molar-refractivity contribution in [3.63, 3.8) is 0 Å². The fraction of sp³-hybridized carbons (Fsp3) is 0.700. The molecule has 4 fully saturated rings. The number of esters is 1. The molecule has 0 spiro atoms. The predicted octanol–water partition coefficient (Wildman–Crippen LogP) is 1.78. The van der Waals surface area contributed by atoms with Gasteiger partial charge in [0.2, 0.25) is 0 Å². The van der Waals surface area contributed by atoms with Crippen molar-refractivity contribution in [3.05, 3.63) is 41.0 Å². The molecule has 11 atom stereocenters. The molecule has 220 valence electrons. The lowest BCUT2D eigenvalue weighted by atomic mass is 9.44. The van der Waals surface area contributed by atoms with Crippen LogP contribution in [-0.2, 0) is 23.7 Å². The van der Waals surface area contributed by atoms with Crippen LogP contribution in [-0.4, -0.2) is 87.9 Å². The Hall–Kier alpha value is -2.05. The van der Waals surface area contributed by atoms with Gasteiger partial charge in [0.05, 0.1) is 38.1 Å². The molecule has 3 aliphatic carbocycles. The number of carbonyl (C=O) groups is 1. The molecule has 0 aromatic heterocycles. The summed E-state index contributed by atoms with van der Waals surface area (Å²) in [6.45, 7) is 8.46. The number of fused-ring (bicyclic) bond motifs is 4. The summed E-state index contributed by atoms with van der Waals surface area (Å²) in [5.41, 5.74) is -3.89. The van der Waals surface area contributed by atoms with Crippen LogP contribution >= 0.6 is 0 Å². The van der Waals surface area contributed by atoms with Crippen molar-refractivity contribution in [1.29, 1.82) is 0 Å². The van der Waals surface area contributed by atoms with Gasteiger partial charge in [-0.15, -0.1) is 0 Å². The molecule has 10 nitrogen and oxygen atoms in total. The van der Waals surface area contributed by atoms with Crippen LogP contribution < -0.4 is 4.74 Å². The molecule has 0 amide bonds. The van der Waals surface area contributed by atoms with E-state index in [-0.39, 0.29) is 13.0 Å². The van der Waals surface area contributed by atoms with E-state index in [1.807, 2.05) is 19.1 Å². The van der Waals surface area contributed by atoms with Gasteiger partial charge in [-0.25, -0.2) is 0 Å². The molecule has 2 saturated heterocycles. The van der Waals surface area contributed by atoms with Crippen molar-refractivity contribution in [2.75, 3.05) is 13.7 Å². The van der Waals surface area contributed by atoms with Gasteiger partial charge in [0.25, 0.3) is 0 Å². The molecule has 2 saturated carbocycles. The van der Waals surface area contributed by atoms with Crippen LogP contribution in [0, 0.1) is 16.7 Å². The third kappa shape index (κ3) is 3.50. The number of carbonyl (C=O) groups excluding carboxylic acids is 1. The second-order valence-electron chi connectivity index (χ2n) is 13.0. The number of rotatable bonds is 3. The number of benzene rings is 1. The molecular weight excluding hydrogens is 520 g/mol. The Bertz CT molecular complexity index is 1230. The van der Waals surface area contributed by atoms with E-state index in [1.165, 1.54) is 6.92 Å². The number of aliphatic hydroxyl groups is 4. The quantitative estimate of drug-likeness (QED) is 0.319. The van der Waals surface area contributed by atoms with Crippen LogP contribution in [0.25, 0.3) is 0 Å². The minimum atomic E-state index is -1.87. The van der Waals surface area contributed by atoms with Crippen molar-refractivity contribution in [3.8, 4) is 5.75 Å². The normalized spacial score (nSPS) is 47.1. The van der Waals surface area contributed by atoms with Crippen molar-refractivity contribution >= 4 is 5.97 Å². The van der Waals surface area contributed by atoms with Crippen molar-refractivity contribution in [2.45, 2.75) is 102 Å². The van der Waals surface area contributed by atoms with Crippen LogP contribution in [0.2, 0.25) is 0 Å². The second kappa shape index (κ2) is 8.97. The fourth-order valence-electron chi connectivity index (χ4n) is 8.48. The highest BCUT2D eigenvalue weighted by atomic mass is 16.7. The minimum absolute atomic E-state index is 0.0324. The van der Waals surface area contributed by atoms with E-state index in [4.69, 9.17) is 23.7 Å². The third-order valence-electron chi connectivity index (χ3n) is 10.8. The van der Waals surface area contributed by atoms with Gasteiger partial charge in [-0.2, -0.15) is 0 Å². The van der Waals surface area contributed by atoms with Gasteiger partial charge in [-0.3, -0.25) is 4.79 Å². The van der Waals surface area contributed by atoms with E-state index >= 15 is 0 Å². The molecule has 1 unspecified atom stereocenters. The summed E-state index contributed by atoms with van der Waals surface area (Å²) < 4.78 is 30.5. The number of aliphatic hydroxyl groups excluding tert-OH is 2. The van der Waals surface area contributed by atoms with Gasteiger partial charge in [-0.1, -0.05) is 32.9 Å². The second-order valence-corrected chi connectivity index (χ2v) is 13.0. The van der Waals surface area contributed by atoms with E-state index in [2.05, 4.69) is 0 Å². The summed E-state index contributed by atoms with van der Waals surface area (Å²) in [5.74, 6) is -0.883. The summed E-state index contributed by atoms with van der Waals surface area (Å²) in [5, 5.41) is 47.8. The Morgan fingerprint density at radius 2 is 1.73 bits per heavy atom. The lowest BCUT2D eigenvalue weighted by Crippen LogP contribution is -2.82. The van der Waals surface area contributed by atoms with Crippen LogP contribution in [0.5, 0.6) is 5.75 Å². The lowest BCUT2D eigenvalue weighted by Gasteiger charge is -2.70. The van der Waals surface area contributed by atoms with Crippen LogP contribution in [0.4, 0.5) is 0 Å². The maximum Gasteiger partial charge on any atom is 0.303 e. The first-order valence-electron chi connectivity index (χ1n) is 14.0. The molecule has 40 heavy (non-hydrogen) atoms. The highest BCUT2D eigenvalue weighted by Crippen LogP contribution is 2.66. The Labute approximate surface area is 233 Å². The molecule has 2 heterocycles. The van der Waals surface area contributed by atoms with Crippen molar-refractivity contribution in [2.24, 2.45) is 16.7 Å². The highest BCUT2D eigenvalue weighted by molar-refractivity contribution is 5.67. The Kier molecular flexibility index (Phi) is 6.30. The van der Waals surface area contributed by atoms with Gasteiger partial charge in [0.15, 0.2) is 12.4 Å². The molecule has 10 heteroatoms. The number of methoxy groups -OCH3 is 1. The molecular formula is C30H40O10. The van der Waals surface area contributed by atoms with Crippen LogP contribution in [0.1, 0.15) is 59.3 Å².